The molecule has 11 rings (SSSR count). The average Bonchev–Trinajstić information content (AvgIpc) is 1.57. The second kappa shape index (κ2) is 36.6. The molecule has 0 saturated carbocycles. The molecule has 4 aromatic heterocycles. The molecule has 4 atom stereocenters. The van der Waals surface area contributed by atoms with Crippen LogP contribution in [0.1, 0.15) is 302 Å². The fourth-order valence-electron chi connectivity index (χ4n) is 17.5. The molecule has 0 bridgehead atoms. The predicted octanol–water partition coefficient (Wildman–Crippen LogP) is 26.1. The molecule has 4 unspecified atom stereocenters. The van der Waals surface area contributed by atoms with Gasteiger partial charge in [-0.05, 0) is 170 Å². The summed E-state index contributed by atoms with van der Waals surface area (Å²) >= 11 is 6.88. The number of carbonyl (C=O) groups is 4. The highest BCUT2D eigenvalue weighted by Crippen LogP contribution is 2.58. The molecule has 0 saturated heterocycles. The van der Waals surface area contributed by atoms with E-state index in [0.29, 0.717) is 72.1 Å². The molecule has 2 aromatic carbocycles. The van der Waals surface area contributed by atoms with E-state index in [4.69, 9.17) is 0 Å². The Labute approximate surface area is 636 Å². The van der Waals surface area contributed by atoms with E-state index in [1.165, 1.54) is 107 Å². The first-order chi connectivity index (χ1) is 50.1. The van der Waals surface area contributed by atoms with Crippen molar-refractivity contribution in [2.45, 2.75) is 281 Å². The molecule has 0 radical (unpaired) electrons. The van der Waals surface area contributed by atoms with Gasteiger partial charge in [0.1, 0.15) is 0 Å². The highest BCUT2D eigenvalue weighted by molar-refractivity contribution is 7.17. The van der Waals surface area contributed by atoms with Crippen molar-refractivity contribution in [3.05, 3.63) is 148 Å². The van der Waals surface area contributed by atoms with Crippen LogP contribution in [0.15, 0.2) is 107 Å². The molecule has 103 heavy (non-hydrogen) atoms. The monoisotopic (exact) mass is 1460 g/mol. The zero-order chi connectivity index (χ0) is 72.9. The molecular formula is C91H122N4O4S4. The molecule has 4 amide bonds. The van der Waals surface area contributed by atoms with Gasteiger partial charge >= 0.3 is 0 Å². The molecular weight excluding hydrogens is 1340 g/mol. The number of amides is 4. The highest BCUT2D eigenvalue weighted by atomic mass is 32.1. The maximum absolute atomic E-state index is 15.7. The fourth-order valence-corrected chi connectivity index (χ4v) is 21.4. The van der Waals surface area contributed by atoms with Crippen LogP contribution in [0.5, 0.6) is 0 Å². The van der Waals surface area contributed by atoms with Crippen molar-refractivity contribution in [2.24, 2.45) is 23.7 Å². The zero-order valence-electron chi connectivity index (χ0n) is 65.0. The Hall–Kier alpha value is -5.92. The van der Waals surface area contributed by atoms with E-state index in [-0.39, 0.29) is 29.0 Å². The van der Waals surface area contributed by atoms with E-state index in [0.717, 1.165) is 180 Å². The average molecular weight is 1460 g/mol. The first-order valence-corrected chi connectivity index (χ1v) is 44.3. The van der Waals surface area contributed by atoms with Crippen LogP contribution in [0, 0.1) is 37.5 Å². The maximum atomic E-state index is 15.7. The van der Waals surface area contributed by atoms with Crippen molar-refractivity contribution < 1.29 is 19.2 Å². The van der Waals surface area contributed by atoms with Gasteiger partial charge in [0.2, 0.25) is 0 Å². The van der Waals surface area contributed by atoms with Crippen molar-refractivity contribution >= 4 is 91.8 Å². The third kappa shape index (κ3) is 16.6. The van der Waals surface area contributed by atoms with Gasteiger partial charge in [-0.3, -0.25) is 19.2 Å². The second-order valence-corrected chi connectivity index (χ2v) is 35.8. The van der Waals surface area contributed by atoms with E-state index < -0.39 is 0 Å². The minimum absolute atomic E-state index is 0.0224. The zero-order valence-corrected chi connectivity index (χ0v) is 68.3. The van der Waals surface area contributed by atoms with Gasteiger partial charge in [0, 0.05) is 51.1 Å². The fraction of sp³-hybridized carbons (Fsp3) is 0.560. The van der Waals surface area contributed by atoms with Gasteiger partial charge in [0.05, 0.1) is 64.6 Å². The molecule has 6 aromatic rings. The summed E-state index contributed by atoms with van der Waals surface area (Å²) < 4.78 is 0. The van der Waals surface area contributed by atoms with Gasteiger partial charge in [-0.15, -0.1) is 45.3 Å². The summed E-state index contributed by atoms with van der Waals surface area (Å²) in [7, 11) is 0. The lowest BCUT2D eigenvalue weighted by atomic mass is 9.70. The molecule has 554 valence electrons. The molecule has 5 aliphatic rings. The van der Waals surface area contributed by atoms with Crippen molar-refractivity contribution in [2.75, 3.05) is 26.2 Å². The Morgan fingerprint density at radius 2 is 0.583 bits per heavy atom. The number of hydrogen-bond donors (Lipinski definition) is 0. The maximum Gasteiger partial charge on any atom is 0.261 e. The van der Waals surface area contributed by atoms with E-state index in [1.54, 1.807) is 45.3 Å². The highest BCUT2D eigenvalue weighted by Gasteiger charge is 2.52. The Morgan fingerprint density at radius 1 is 0.311 bits per heavy atom. The van der Waals surface area contributed by atoms with Crippen molar-refractivity contribution in [3.8, 4) is 32.0 Å². The Morgan fingerprint density at radius 3 is 0.864 bits per heavy atom. The van der Waals surface area contributed by atoms with Crippen LogP contribution >= 0.6 is 45.3 Å². The van der Waals surface area contributed by atoms with Crippen LogP contribution in [0.2, 0.25) is 0 Å². The molecule has 8 heterocycles. The van der Waals surface area contributed by atoms with Gasteiger partial charge < -0.3 is 19.6 Å². The largest absolute Gasteiger partial charge is 0.306 e. The van der Waals surface area contributed by atoms with Crippen LogP contribution < -0.4 is 0 Å². The van der Waals surface area contributed by atoms with E-state index in [1.807, 2.05) is 19.6 Å². The van der Waals surface area contributed by atoms with Gasteiger partial charge in [-0.25, -0.2) is 0 Å². The van der Waals surface area contributed by atoms with E-state index in [9.17, 15) is 0 Å². The number of hydrogen-bond acceptors (Lipinski definition) is 8. The topological polar surface area (TPSA) is 81.2 Å². The first-order valence-electron chi connectivity index (χ1n) is 41.0. The summed E-state index contributed by atoms with van der Waals surface area (Å²) in [6.07, 6.45) is 33.8. The lowest BCUT2D eigenvalue weighted by Gasteiger charge is -2.33. The quantitative estimate of drug-likeness (QED) is 0.0357. The number of benzene rings is 2. The number of thiophene rings is 4. The van der Waals surface area contributed by atoms with Crippen LogP contribution in [0.25, 0.3) is 54.8 Å². The number of carbonyl (C=O) groups excluding carboxylic acids is 4. The normalized spacial score (nSPS) is 16.9. The first kappa shape index (κ1) is 78.2. The number of nitrogens with zero attached hydrogens (tertiary/aromatic N) is 4. The van der Waals surface area contributed by atoms with Crippen LogP contribution in [-0.2, 0) is 24.6 Å². The SMILES string of the molecule is CCCCCCCCC1(CCCCCCCC)c2cc(-c3ccc(C4=C5C(=O)N(CC(CC)CCCC)C(c6ccc(C)s6)=C5C(=O)N4CC(CC)CCCC)s3)ccc2-c2ccc(-c3ccc(C4=C5C(=O)N(CC(CC)CCCC)C(c6ccc(C)s6)=C5C(=O)N4CC(CC)CCCC)s3)cc21. The summed E-state index contributed by atoms with van der Waals surface area (Å²) in [4.78, 5) is 79.5. The molecule has 1 aliphatic carbocycles. The van der Waals surface area contributed by atoms with Gasteiger partial charge in [-0.2, -0.15) is 0 Å². The second-order valence-electron chi connectivity index (χ2n) is 31.0. The van der Waals surface area contributed by atoms with Crippen LogP contribution in [0.4, 0.5) is 0 Å². The van der Waals surface area contributed by atoms with Gasteiger partial charge in [0.15, 0.2) is 0 Å². The van der Waals surface area contributed by atoms with Gasteiger partial charge in [0.25, 0.3) is 23.6 Å². The third-order valence-corrected chi connectivity index (χ3v) is 28.1. The molecule has 4 aliphatic heterocycles. The number of rotatable bonds is 44. The molecule has 12 heteroatoms. The lowest BCUT2D eigenvalue weighted by Crippen LogP contribution is -2.34. The van der Waals surface area contributed by atoms with Crippen molar-refractivity contribution in [3.63, 3.8) is 0 Å². The van der Waals surface area contributed by atoms with Crippen molar-refractivity contribution in [1.82, 2.24) is 19.6 Å². The lowest BCUT2D eigenvalue weighted by molar-refractivity contribution is -0.124. The minimum atomic E-state index is -0.237. The molecule has 0 N–H and O–H groups in total. The Kier molecular flexibility index (Phi) is 27.8. The summed E-state index contributed by atoms with van der Waals surface area (Å²) in [5.74, 6) is 1.20. The summed E-state index contributed by atoms with van der Waals surface area (Å²) in [6.45, 7) is 29.3. The number of fused-ring (bicyclic) bond motifs is 5. The molecule has 0 spiro atoms. The standard InChI is InChI=1S/C91H122N4O4S4/c1-13-23-29-31-33-35-53-91(54-36-34-32-30-24-14-2)71-55-67(73-49-51-77(102-73)85-81-79(87(96)94(85)59-65(21-9)39-27-17-5)83(75-47-41-61(11)100-75)92(89(81)98)57-63(19-7)37-25-15-3)43-45-69(71)70-46-44-68(56-72(70)91)74-50-52-78(103-74)86-82-80(88(97)95(86)60-66(22-10)40-28-18-6)84(76-48-42-62(12)101-76)93(90(82)99)58-64(20-8)38-26-16-4/h41-52,55-56,63-66H,13-40,53-54,57-60H2,1-12H3. The Balaban J connectivity index is 1.03. The minimum Gasteiger partial charge on any atom is -0.306 e. The molecule has 8 nitrogen and oxygen atoms in total. The molecule has 0 fully saturated rings. The third-order valence-electron chi connectivity index (χ3n) is 23.8. The van der Waals surface area contributed by atoms with E-state index in [2.05, 4.69) is 168 Å². The number of aryl methyl sites for hydroxylation is 2. The summed E-state index contributed by atoms with van der Waals surface area (Å²) in [5.41, 5.74) is 13.3. The summed E-state index contributed by atoms with van der Waals surface area (Å²) in [5, 5.41) is 0. The predicted molar refractivity (Wildman–Crippen MR) is 441 cm³/mol. The van der Waals surface area contributed by atoms with Crippen LogP contribution in [-0.4, -0.2) is 69.4 Å². The van der Waals surface area contributed by atoms with Gasteiger partial charge in [-0.1, -0.05) is 248 Å². The van der Waals surface area contributed by atoms with E-state index >= 15 is 19.2 Å². The number of unbranched alkanes of at least 4 members (excludes halogenated alkanes) is 14. The smallest absolute Gasteiger partial charge is 0.261 e. The summed E-state index contributed by atoms with van der Waals surface area (Å²) in [6, 6.07) is 32.3. The Bertz CT molecular complexity index is 3810. The van der Waals surface area contributed by atoms with Crippen molar-refractivity contribution in [1.29, 1.82) is 0 Å². The van der Waals surface area contributed by atoms with Crippen LogP contribution in [0.3, 0.4) is 0 Å².